The lowest BCUT2D eigenvalue weighted by Gasteiger charge is -2.07. The summed E-state index contributed by atoms with van der Waals surface area (Å²) in [7, 11) is 1.73. The molecule has 0 saturated carbocycles. The fraction of sp³-hybridized carbons (Fsp3) is 0.125. The van der Waals surface area contributed by atoms with Gasteiger partial charge in [-0.2, -0.15) is 0 Å². The first-order valence-corrected chi connectivity index (χ1v) is 7.39. The van der Waals surface area contributed by atoms with Crippen molar-refractivity contribution in [3.05, 3.63) is 64.2 Å². The van der Waals surface area contributed by atoms with Crippen LogP contribution in [0.15, 0.2) is 48.5 Å². The van der Waals surface area contributed by atoms with E-state index in [4.69, 9.17) is 0 Å². The maximum Gasteiger partial charge on any atom is 0.273 e. The molecule has 3 rings (SSSR count). The Morgan fingerprint density at radius 2 is 1.92 bits per heavy atom. The average molecular weight is 338 g/mol. The Bertz CT molecular complexity index is 920. The number of tetrazole rings is 1. The van der Waals surface area contributed by atoms with E-state index in [0.29, 0.717) is 17.1 Å². The minimum absolute atomic E-state index is 0.0669. The minimum atomic E-state index is -0.494. The van der Waals surface area contributed by atoms with Crippen LogP contribution in [0.1, 0.15) is 5.56 Å². The van der Waals surface area contributed by atoms with Gasteiger partial charge in [0, 0.05) is 29.9 Å². The van der Waals surface area contributed by atoms with Gasteiger partial charge in [0.25, 0.3) is 5.69 Å². The fourth-order valence-corrected chi connectivity index (χ4v) is 2.39. The van der Waals surface area contributed by atoms with E-state index in [1.54, 1.807) is 54.2 Å². The Morgan fingerprint density at radius 1 is 1.20 bits per heavy atom. The molecule has 25 heavy (non-hydrogen) atoms. The third kappa shape index (κ3) is 3.66. The lowest BCUT2D eigenvalue weighted by Crippen LogP contribution is -2.15. The number of amides is 1. The standard InChI is InChI=1S/C16H14N6O3/c1-21-16(18-19-20-21)11-6-8-13(9-7-11)17-15(23)10-12-4-2-3-5-14(12)22(24)25/h2-9H,10H2,1H3,(H,17,23). The number of nitro benzene ring substituents is 1. The highest BCUT2D eigenvalue weighted by molar-refractivity contribution is 5.93. The van der Waals surface area contributed by atoms with E-state index in [1.165, 1.54) is 6.07 Å². The smallest absolute Gasteiger partial charge is 0.273 e. The number of nitro groups is 1. The van der Waals surface area contributed by atoms with Crippen LogP contribution in [0.25, 0.3) is 11.4 Å². The summed E-state index contributed by atoms with van der Waals surface area (Å²) in [6.07, 6.45) is -0.0773. The summed E-state index contributed by atoms with van der Waals surface area (Å²) in [5.41, 5.74) is 1.70. The van der Waals surface area contributed by atoms with Crippen LogP contribution in [-0.2, 0) is 18.3 Å². The average Bonchev–Trinajstić information content (AvgIpc) is 3.02. The van der Waals surface area contributed by atoms with Crippen molar-refractivity contribution in [2.24, 2.45) is 7.05 Å². The molecule has 1 heterocycles. The number of carbonyl (C=O) groups excluding carboxylic acids is 1. The van der Waals surface area contributed by atoms with Gasteiger partial charge in [-0.05, 0) is 34.7 Å². The highest BCUT2D eigenvalue weighted by atomic mass is 16.6. The largest absolute Gasteiger partial charge is 0.326 e. The van der Waals surface area contributed by atoms with Gasteiger partial charge in [0.15, 0.2) is 5.82 Å². The van der Waals surface area contributed by atoms with Crippen molar-refractivity contribution in [3.63, 3.8) is 0 Å². The number of aromatic nitrogens is 4. The molecule has 126 valence electrons. The zero-order chi connectivity index (χ0) is 17.8. The zero-order valence-electron chi connectivity index (χ0n) is 13.3. The summed E-state index contributed by atoms with van der Waals surface area (Å²) >= 11 is 0. The molecule has 9 nitrogen and oxygen atoms in total. The molecule has 0 aliphatic heterocycles. The van der Waals surface area contributed by atoms with Crippen LogP contribution >= 0.6 is 0 Å². The number of rotatable bonds is 5. The molecule has 0 spiro atoms. The Balaban J connectivity index is 1.70. The summed E-state index contributed by atoms with van der Waals surface area (Å²) in [4.78, 5) is 22.7. The number of nitrogens with zero attached hydrogens (tertiary/aromatic N) is 5. The van der Waals surface area contributed by atoms with Gasteiger partial charge < -0.3 is 5.32 Å². The maximum atomic E-state index is 12.2. The molecule has 0 saturated heterocycles. The van der Waals surface area contributed by atoms with Crippen molar-refractivity contribution in [2.45, 2.75) is 6.42 Å². The van der Waals surface area contributed by atoms with Crippen LogP contribution in [0, 0.1) is 10.1 Å². The first-order valence-electron chi connectivity index (χ1n) is 7.39. The topological polar surface area (TPSA) is 116 Å². The molecule has 9 heteroatoms. The number of para-hydroxylation sites is 1. The summed E-state index contributed by atoms with van der Waals surface area (Å²) in [6.45, 7) is 0. The molecule has 3 aromatic rings. The van der Waals surface area contributed by atoms with Crippen LogP contribution in [0.5, 0.6) is 0 Å². The minimum Gasteiger partial charge on any atom is -0.326 e. The van der Waals surface area contributed by atoms with E-state index in [9.17, 15) is 14.9 Å². The first kappa shape index (κ1) is 16.2. The summed E-state index contributed by atoms with van der Waals surface area (Å²) in [5.74, 6) is 0.278. The van der Waals surface area contributed by atoms with Crippen molar-refractivity contribution >= 4 is 17.3 Å². The first-order chi connectivity index (χ1) is 12.0. The second-order valence-electron chi connectivity index (χ2n) is 5.31. The summed E-state index contributed by atoms with van der Waals surface area (Å²) in [6, 6.07) is 13.2. The Hall–Kier alpha value is -3.62. The third-order valence-electron chi connectivity index (χ3n) is 3.59. The van der Waals surface area contributed by atoms with Crippen molar-refractivity contribution in [3.8, 4) is 11.4 Å². The molecule has 1 aromatic heterocycles. The lowest BCUT2D eigenvalue weighted by atomic mass is 10.1. The quantitative estimate of drug-likeness (QED) is 0.561. The number of nitrogens with one attached hydrogen (secondary N) is 1. The number of carbonyl (C=O) groups is 1. The third-order valence-corrected chi connectivity index (χ3v) is 3.59. The van der Waals surface area contributed by atoms with Crippen LogP contribution in [-0.4, -0.2) is 31.0 Å². The summed E-state index contributed by atoms with van der Waals surface area (Å²) in [5, 5.41) is 25.0. The van der Waals surface area contributed by atoms with E-state index < -0.39 is 4.92 Å². The number of hydrogen-bond acceptors (Lipinski definition) is 6. The van der Waals surface area contributed by atoms with Crippen molar-refractivity contribution < 1.29 is 9.72 Å². The molecule has 0 radical (unpaired) electrons. The second-order valence-corrected chi connectivity index (χ2v) is 5.31. The molecule has 0 fully saturated rings. The number of anilines is 1. The molecule has 1 N–H and O–H groups in total. The van der Waals surface area contributed by atoms with E-state index >= 15 is 0 Å². The van der Waals surface area contributed by atoms with Gasteiger partial charge in [0.1, 0.15) is 0 Å². The molecule has 0 unspecified atom stereocenters. The van der Waals surface area contributed by atoms with Gasteiger partial charge in [-0.25, -0.2) is 4.68 Å². The van der Waals surface area contributed by atoms with Crippen LogP contribution in [0.2, 0.25) is 0 Å². The molecule has 0 atom stereocenters. The number of hydrogen-bond donors (Lipinski definition) is 1. The van der Waals surface area contributed by atoms with Gasteiger partial charge in [-0.3, -0.25) is 14.9 Å². The molecule has 0 aliphatic rings. The van der Waals surface area contributed by atoms with E-state index in [0.717, 1.165) is 5.56 Å². The maximum absolute atomic E-state index is 12.2. The van der Waals surface area contributed by atoms with Crippen molar-refractivity contribution in [2.75, 3.05) is 5.32 Å². The molecule has 0 bridgehead atoms. The number of benzene rings is 2. The SMILES string of the molecule is Cn1nnnc1-c1ccc(NC(=O)Cc2ccccc2[N+](=O)[O-])cc1. The predicted molar refractivity (Wildman–Crippen MR) is 89.7 cm³/mol. The monoisotopic (exact) mass is 338 g/mol. The van der Waals surface area contributed by atoms with Gasteiger partial charge in [0.2, 0.25) is 5.91 Å². The number of aryl methyl sites for hydroxylation is 1. The van der Waals surface area contributed by atoms with Crippen LogP contribution in [0.4, 0.5) is 11.4 Å². The Labute approximate surface area is 142 Å². The fourth-order valence-electron chi connectivity index (χ4n) is 2.39. The van der Waals surface area contributed by atoms with Gasteiger partial charge >= 0.3 is 0 Å². The highest BCUT2D eigenvalue weighted by Crippen LogP contribution is 2.20. The Morgan fingerprint density at radius 3 is 2.56 bits per heavy atom. The predicted octanol–water partition coefficient (Wildman–Crippen LogP) is 1.97. The molecular weight excluding hydrogens is 324 g/mol. The molecular formula is C16H14N6O3. The Kier molecular flexibility index (Phi) is 4.46. The van der Waals surface area contributed by atoms with Gasteiger partial charge in [-0.1, -0.05) is 18.2 Å². The van der Waals surface area contributed by atoms with E-state index in [2.05, 4.69) is 20.8 Å². The lowest BCUT2D eigenvalue weighted by molar-refractivity contribution is -0.385. The normalized spacial score (nSPS) is 10.4. The molecule has 0 aliphatic carbocycles. The second kappa shape index (κ2) is 6.87. The van der Waals surface area contributed by atoms with Crippen molar-refractivity contribution in [1.29, 1.82) is 0 Å². The highest BCUT2D eigenvalue weighted by Gasteiger charge is 2.15. The van der Waals surface area contributed by atoms with Crippen LogP contribution < -0.4 is 5.32 Å². The van der Waals surface area contributed by atoms with Gasteiger partial charge in [0.05, 0.1) is 11.3 Å². The molecule has 2 aromatic carbocycles. The van der Waals surface area contributed by atoms with E-state index in [-0.39, 0.29) is 18.0 Å². The van der Waals surface area contributed by atoms with Crippen LogP contribution in [0.3, 0.4) is 0 Å². The van der Waals surface area contributed by atoms with Crippen molar-refractivity contribution in [1.82, 2.24) is 20.2 Å². The summed E-state index contributed by atoms with van der Waals surface area (Å²) < 4.78 is 1.54. The molecule has 1 amide bonds. The zero-order valence-corrected chi connectivity index (χ0v) is 13.3. The van der Waals surface area contributed by atoms with Gasteiger partial charge in [-0.15, -0.1) is 5.10 Å². The van der Waals surface area contributed by atoms with E-state index in [1.807, 2.05) is 0 Å².